The molecule has 1 unspecified atom stereocenters. The van der Waals surface area contributed by atoms with Crippen molar-refractivity contribution in [2.24, 2.45) is 0 Å². The molecular weight excluding hydrogens is 278 g/mol. The van der Waals surface area contributed by atoms with Crippen LogP contribution in [0.1, 0.15) is 30.4 Å². The van der Waals surface area contributed by atoms with Gasteiger partial charge in [-0.1, -0.05) is 15.9 Å². The highest BCUT2D eigenvalue weighted by molar-refractivity contribution is 9.10. The molecule has 3 heteroatoms. The van der Waals surface area contributed by atoms with Crippen molar-refractivity contribution in [3.63, 3.8) is 0 Å². The van der Waals surface area contributed by atoms with E-state index in [2.05, 4.69) is 47.2 Å². The number of hydrogen-bond donors (Lipinski definition) is 1. The molecule has 1 saturated heterocycles. The molecule has 1 aliphatic rings. The Morgan fingerprint density at radius 2 is 1.88 bits per heavy atom. The molecule has 1 aliphatic heterocycles. The van der Waals surface area contributed by atoms with Gasteiger partial charge >= 0.3 is 0 Å². The molecule has 1 aromatic rings. The van der Waals surface area contributed by atoms with Crippen LogP contribution in [0, 0.1) is 13.8 Å². The number of rotatable bonds is 2. The predicted molar refractivity (Wildman–Crippen MR) is 74.8 cm³/mol. The number of halogens is 1. The molecule has 0 aliphatic carbocycles. The van der Waals surface area contributed by atoms with Crippen molar-refractivity contribution in [3.05, 3.63) is 27.7 Å². The summed E-state index contributed by atoms with van der Waals surface area (Å²) in [5, 5.41) is 3.41. The zero-order valence-corrected chi connectivity index (χ0v) is 12.1. The zero-order valence-electron chi connectivity index (χ0n) is 10.6. The SMILES string of the molecule is Cc1cc(OC2CCCNCC2)cc(C)c1Br. The van der Waals surface area contributed by atoms with Gasteiger partial charge in [-0.05, 0) is 69.5 Å². The van der Waals surface area contributed by atoms with Crippen LogP contribution in [-0.2, 0) is 0 Å². The summed E-state index contributed by atoms with van der Waals surface area (Å²) in [6.45, 7) is 6.41. The Balaban J connectivity index is 2.07. The van der Waals surface area contributed by atoms with Crippen LogP contribution in [0.15, 0.2) is 16.6 Å². The number of benzene rings is 1. The molecule has 0 radical (unpaired) electrons. The van der Waals surface area contributed by atoms with Gasteiger partial charge < -0.3 is 10.1 Å². The summed E-state index contributed by atoms with van der Waals surface area (Å²) in [6.07, 6.45) is 3.83. The van der Waals surface area contributed by atoms with Gasteiger partial charge in [0.2, 0.25) is 0 Å². The van der Waals surface area contributed by atoms with Gasteiger partial charge in [0.1, 0.15) is 5.75 Å². The Morgan fingerprint density at radius 1 is 1.18 bits per heavy atom. The molecule has 0 aromatic heterocycles. The first kappa shape index (κ1) is 12.9. The summed E-state index contributed by atoms with van der Waals surface area (Å²) in [5.41, 5.74) is 2.48. The summed E-state index contributed by atoms with van der Waals surface area (Å²) in [6, 6.07) is 4.24. The lowest BCUT2D eigenvalue weighted by molar-refractivity contribution is 0.187. The summed E-state index contributed by atoms with van der Waals surface area (Å²) in [5.74, 6) is 1.01. The third-order valence-corrected chi connectivity index (χ3v) is 4.49. The van der Waals surface area contributed by atoms with E-state index in [0.29, 0.717) is 6.10 Å². The quantitative estimate of drug-likeness (QED) is 0.901. The highest BCUT2D eigenvalue weighted by atomic mass is 79.9. The maximum absolute atomic E-state index is 6.09. The molecule has 1 heterocycles. The average Bonchev–Trinajstić information content (AvgIpc) is 2.54. The normalized spacial score (nSPS) is 21.0. The van der Waals surface area contributed by atoms with Crippen molar-refractivity contribution in [3.8, 4) is 5.75 Å². The van der Waals surface area contributed by atoms with Crippen LogP contribution in [0.25, 0.3) is 0 Å². The number of hydrogen-bond acceptors (Lipinski definition) is 2. The molecule has 1 aromatic carbocycles. The molecule has 1 atom stereocenters. The van der Waals surface area contributed by atoms with Crippen molar-refractivity contribution in [1.82, 2.24) is 5.32 Å². The third-order valence-electron chi connectivity index (χ3n) is 3.24. The van der Waals surface area contributed by atoms with E-state index in [1.54, 1.807) is 0 Å². The van der Waals surface area contributed by atoms with Crippen LogP contribution >= 0.6 is 15.9 Å². The van der Waals surface area contributed by atoms with Gasteiger partial charge in [0.15, 0.2) is 0 Å². The van der Waals surface area contributed by atoms with Crippen LogP contribution in [0.3, 0.4) is 0 Å². The van der Waals surface area contributed by atoms with Crippen molar-refractivity contribution in [2.75, 3.05) is 13.1 Å². The fourth-order valence-electron chi connectivity index (χ4n) is 2.27. The lowest BCUT2D eigenvalue weighted by Crippen LogP contribution is -2.19. The fourth-order valence-corrected chi connectivity index (χ4v) is 2.50. The fraction of sp³-hybridized carbons (Fsp3) is 0.571. The lowest BCUT2D eigenvalue weighted by atomic mass is 10.1. The van der Waals surface area contributed by atoms with E-state index in [9.17, 15) is 0 Å². The zero-order chi connectivity index (χ0) is 12.3. The minimum atomic E-state index is 0.366. The highest BCUT2D eigenvalue weighted by Gasteiger charge is 2.14. The first-order valence-corrected chi connectivity index (χ1v) is 7.10. The summed E-state index contributed by atoms with van der Waals surface area (Å²) >= 11 is 3.59. The van der Waals surface area contributed by atoms with Crippen molar-refractivity contribution >= 4 is 15.9 Å². The van der Waals surface area contributed by atoms with Gasteiger partial charge in [-0.3, -0.25) is 0 Å². The van der Waals surface area contributed by atoms with Crippen molar-refractivity contribution < 1.29 is 4.74 Å². The van der Waals surface area contributed by atoms with Crippen LogP contribution in [-0.4, -0.2) is 19.2 Å². The highest BCUT2D eigenvalue weighted by Crippen LogP contribution is 2.27. The molecule has 94 valence electrons. The van der Waals surface area contributed by atoms with Crippen LogP contribution in [0.4, 0.5) is 0 Å². The van der Waals surface area contributed by atoms with Crippen LogP contribution in [0.2, 0.25) is 0 Å². The maximum atomic E-state index is 6.09. The number of ether oxygens (including phenoxy) is 1. The Bertz CT molecular complexity index is 361. The molecule has 2 rings (SSSR count). The van der Waals surface area contributed by atoms with Crippen LogP contribution in [0.5, 0.6) is 5.75 Å². The Labute approximate surface area is 112 Å². The number of nitrogens with one attached hydrogen (secondary N) is 1. The minimum absolute atomic E-state index is 0.366. The van der Waals surface area contributed by atoms with E-state index in [-0.39, 0.29) is 0 Å². The van der Waals surface area contributed by atoms with Crippen LogP contribution < -0.4 is 10.1 Å². The summed E-state index contributed by atoms with van der Waals surface area (Å²) in [7, 11) is 0. The van der Waals surface area contributed by atoms with Gasteiger partial charge in [-0.25, -0.2) is 0 Å². The van der Waals surface area contributed by atoms with E-state index in [4.69, 9.17) is 4.74 Å². The van der Waals surface area contributed by atoms with E-state index in [1.165, 1.54) is 22.0 Å². The van der Waals surface area contributed by atoms with Gasteiger partial charge in [-0.15, -0.1) is 0 Å². The van der Waals surface area contributed by atoms with E-state index in [1.807, 2.05) is 0 Å². The molecule has 2 nitrogen and oxygen atoms in total. The largest absolute Gasteiger partial charge is 0.490 e. The smallest absolute Gasteiger partial charge is 0.120 e. The second-order valence-electron chi connectivity index (χ2n) is 4.79. The van der Waals surface area contributed by atoms with Crippen molar-refractivity contribution in [2.45, 2.75) is 39.2 Å². The topological polar surface area (TPSA) is 21.3 Å². The minimum Gasteiger partial charge on any atom is -0.490 e. The molecule has 0 saturated carbocycles. The Hall–Kier alpha value is -0.540. The molecule has 1 fully saturated rings. The second-order valence-corrected chi connectivity index (χ2v) is 5.58. The first-order chi connectivity index (χ1) is 8.16. The second kappa shape index (κ2) is 5.87. The maximum Gasteiger partial charge on any atom is 0.120 e. The number of aryl methyl sites for hydroxylation is 2. The average molecular weight is 298 g/mol. The molecule has 0 bridgehead atoms. The molecule has 0 spiro atoms. The Kier molecular flexibility index (Phi) is 4.46. The van der Waals surface area contributed by atoms with E-state index < -0.39 is 0 Å². The molecule has 1 N–H and O–H groups in total. The standard InChI is InChI=1S/C14H20BrNO/c1-10-8-13(9-11(2)14(10)15)17-12-4-3-6-16-7-5-12/h8-9,12,16H,3-7H2,1-2H3. The molecule has 0 amide bonds. The van der Waals surface area contributed by atoms with Gasteiger partial charge in [0.25, 0.3) is 0 Å². The molecule has 17 heavy (non-hydrogen) atoms. The van der Waals surface area contributed by atoms with Gasteiger partial charge in [0, 0.05) is 4.47 Å². The van der Waals surface area contributed by atoms with Gasteiger partial charge in [-0.2, -0.15) is 0 Å². The third kappa shape index (κ3) is 3.46. The monoisotopic (exact) mass is 297 g/mol. The van der Waals surface area contributed by atoms with E-state index >= 15 is 0 Å². The van der Waals surface area contributed by atoms with E-state index in [0.717, 1.165) is 31.7 Å². The van der Waals surface area contributed by atoms with Crippen molar-refractivity contribution in [1.29, 1.82) is 0 Å². The predicted octanol–water partition coefficient (Wildman–Crippen LogP) is 3.59. The summed E-state index contributed by atoms with van der Waals surface area (Å²) < 4.78 is 7.28. The first-order valence-electron chi connectivity index (χ1n) is 6.31. The van der Waals surface area contributed by atoms with Gasteiger partial charge in [0.05, 0.1) is 6.10 Å². The Morgan fingerprint density at radius 3 is 2.59 bits per heavy atom. The summed E-state index contributed by atoms with van der Waals surface area (Å²) in [4.78, 5) is 0. The molecular formula is C14H20BrNO. The lowest BCUT2D eigenvalue weighted by Gasteiger charge is -2.18.